The Morgan fingerprint density at radius 3 is 1.47 bits per heavy atom. The van der Waals surface area contributed by atoms with Crippen molar-refractivity contribution in [2.75, 3.05) is 26.5 Å². The van der Waals surface area contributed by atoms with Crippen LogP contribution in [0.3, 0.4) is 0 Å². The molecule has 0 spiro atoms. The average Bonchev–Trinajstić information content (AvgIpc) is 3.59. The minimum absolute atomic E-state index is 0.0788. The Kier molecular flexibility index (Phi) is 14.1. The summed E-state index contributed by atoms with van der Waals surface area (Å²) >= 11 is 2.97. The summed E-state index contributed by atoms with van der Waals surface area (Å²) in [6, 6.07) is 0. The molecule has 0 amide bonds. The molecule has 312 valence electrons. The second-order valence-corrected chi connectivity index (χ2v) is 35.7. The van der Waals surface area contributed by atoms with E-state index in [2.05, 4.69) is 92.8 Å². The fourth-order valence-corrected chi connectivity index (χ4v) is 14.6. The number of aryl methyl sites for hydroxylation is 2. The van der Waals surface area contributed by atoms with Gasteiger partial charge in [0, 0.05) is 0 Å². The first-order valence-electron chi connectivity index (χ1n) is 18.4. The number of hydrogen-bond donors (Lipinski definition) is 2. The van der Waals surface area contributed by atoms with E-state index in [1.54, 1.807) is 20.5 Å². The Labute approximate surface area is 332 Å². The van der Waals surface area contributed by atoms with E-state index in [9.17, 15) is 23.7 Å². The van der Waals surface area contributed by atoms with Crippen molar-refractivity contribution in [1.29, 1.82) is 0 Å². The van der Waals surface area contributed by atoms with Crippen LogP contribution in [0.5, 0.6) is 0 Å². The van der Waals surface area contributed by atoms with Crippen molar-refractivity contribution in [2.45, 2.75) is 141 Å². The van der Waals surface area contributed by atoms with Crippen molar-refractivity contribution in [2.24, 2.45) is 0 Å². The molecule has 2 aromatic rings. The molecular weight excluding hydrogens is 853 g/mol. The van der Waals surface area contributed by atoms with Crippen molar-refractivity contribution in [3.8, 4) is 0 Å². The summed E-state index contributed by atoms with van der Waals surface area (Å²) in [5.74, 6) is -3.07. The molecule has 8 atom stereocenters. The fraction of sp³-hybridized carbons (Fsp3) is 0.765. The molecule has 16 nitrogen and oxygen atoms in total. The average molecular weight is 914 g/mol. The minimum atomic E-state index is -3.92. The Balaban J connectivity index is 1.57. The quantitative estimate of drug-likeness (QED) is 0.179. The van der Waals surface area contributed by atoms with E-state index < -0.39 is 89.6 Å². The first kappa shape index (κ1) is 46.4. The first-order valence-corrected chi connectivity index (χ1v) is 30.5. The summed E-state index contributed by atoms with van der Waals surface area (Å²) in [5, 5.41) is -0.176. The molecule has 2 aliphatic rings. The van der Waals surface area contributed by atoms with Gasteiger partial charge >= 0.3 is 334 Å². The van der Waals surface area contributed by atoms with Crippen LogP contribution in [-0.2, 0) is 36.2 Å². The van der Waals surface area contributed by atoms with E-state index >= 15 is 0 Å². The topological polar surface area (TPSA) is 191 Å². The molecular formula is C34H60N4O12P2SeSi2. The summed E-state index contributed by atoms with van der Waals surface area (Å²) in [5.41, 5.74) is -1.55. The van der Waals surface area contributed by atoms with Crippen molar-refractivity contribution in [3.05, 3.63) is 65.2 Å². The molecule has 2 aromatic heterocycles. The Morgan fingerprint density at radius 1 is 0.745 bits per heavy atom. The molecule has 4 rings (SSSR count). The van der Waals surface area contributed by atoms with Gasteiger partial charge in [0.15, 0.2) is 0 Å². The van der Waals surface area contributed by atoms with Gasteiger partial charge in [-0.25, -0.2) is 0 Å². The maximum absolute atomic E-state index is 14.3. The Hall–Kier alpha value is -1.31. The second-order valence-electron chi connectivity index (χ2n) is 17.7. The molecule has 0 aliphatic carbocycles. The van der Waals surface area contributed by atoms with E-state index in [4.69, 9.17) is 31.7 Å². The van der Waals surface area contributed by atoms with Crippen LogP contribution in [-0.4, -0.2) is 102 Å². The van der Waals surface area contributed by atoms with Crippen molar-refractivity contribution >= 4 is 45.3 Å². The summed E-state index contributed by atoms with van der Waals surface area (Å²) in [6.07, 6.45) is -1.20. The molecule has 4 heterocycles. The van der Waals surface area contributed by atoms with Gasteiger partial charge in [-0.1, -0.05) is 0 Å². The van der Waals surface area contributed by atoms with Gasteiger partial charge in [-0.3, -0.25) is 0 Å². The third kappa shape index (κ3) is 11.5. The van der Waals surface area contributed by atoms with Gasteiger partial charge in [-0.05, 0) is 0 Å². The van der Waals surface area contributed by atoms with Crippen LogP contribution in [0.4, 0.5) is 0 Å². The van der Waals surface area contributed by atoms with Crippen LogP contribution in [0.25, 0.3) is 0 Å². The number of nitrogens with zero attached hydrogens (tertiary/aromatic N) is 2. The number of hydrogen-bond acceptors (Lipinski definition) is 12. The van der Waals surface area contributed by atoms with E-state index in [0.717, 1.165) is 0 Å². The van der Waals surface area contributed by atoms with Crippen LogP contribution < -0.4 is 22.5 Å². The van der Waals surface area contributed by atoms with Crippen LogP contribution >= 0.6 is 13.6 Å². The maximum atomic E-state index is 14.3. The number of rotatable bonds is 14. The zero-order valence-electron chi connectivity index (χ0n) is 34.5. The third-order valence-corrected chi connectivity index (χ3v) is 25.5. The number of H-pyrrole nitrogens is 2. The van der Waals surface area contributed by atoms with Crippen LogP contribution in [0.1, 0.15) is 78.0 Å². The molecule has 0 saturated carbocycles. The van der Waals surface area contributed by atoms with Gasteiger partial charge in [0.05, 0.1) is 0 Å². The predicted molar refractivity (Wildman–Crippen MR) is 218 cm³/mol. The zero-order valence-corrected chi connectivity index (χ0v) is 40.0. The molecule has 2 aliphatic heterocycles. The molecule has 2 saturated heterocycles. The molecule has 2 fully saturated rings. The predicted octanol–water partition coefficient (Wildman–Crippen LogP) is 5.49. The van der Waals surface area contributed by atoms with Crippen molar-refractivity contribution < 1.29 is 36.2 Å². The molecule has 2 N–H and O–H groups in total. The van der Waals surface area contributed by atoms with Gasteiger partial charge in [-0.2, -0.15) is 0 Å². The molecule has 21 heteroatoms. The Bertz CT molecular complexity index is 1910. The van der Waals surface area contributed by atoms with E-state index in [1.165, 1.54) is 28.2 Å². The fourth-order valence-electron chi connectivity index (χ4n) is 5.68. The monoisotopic (exact) mass is 914 g/mol. The Morgan fingerprint density at radius 2 is 1.11 bits per heavy atom. The molecule has 0 radical (unpaired) electrons. The standard InChI is InChI=1S/C34H60N4O12P2SeSi2/c1-21-17-37(31(41)35-29(21)39)27-15-23(25(46-27)19-44-54(11,12)33(3,4)5)48-51(9,43)50-52(10,53)49-24-16-28(38-18-22(2)30(40)36-32(38)42)47-26(24)20-45-55(13,14)34(6,7)8/h17-18,23-28H,15-16,19-20H2,1-14H3,(H,35,39,41)(H,36,40,42)/t23-,24-,25+,26+,27+,28+,51?,52?/m0/s1. The molecule has 55 heavy (non-hydrogen) atoms. The molecule has 2 unspecified atom stereocenters. The van der Waals surface area contributed by atoms with Crippen LogP contribution in [0.2, 0.25) is 36.3 Å². The molecule has 0 aromatic carbocycles. The van der Waals surface area contributed by atoms with Gasteiger partial charge in [0.2, 0.25) is 0 Å². The number of ether oxygens (including phenoxy) is 2. The van der Waals surface area contributed by atoms with Gasteiger partial charge in [0.1, 0.15) is 0 Å². The van der Waals surface area contributed by atoms with Gasteiger partial charge < -0.3 is 0 Å². The van der Waals surface area contributed by atoms with Crippen molar-refractivity contribution in [1.82, 2.24) is 19.1 Å². The SMILES string of the molecule is Cc1cn([C@H]2C[C@H](OP(C)(=O)OP(C)(=[Se])O[C@H]3C[C@H](n4cc(C)c(=O)[nH]c4=O)O[C@@H]3CO[Si](C)(C)C(C)(C)C)[C@@H](CO[Si](C)(C)C(C)(C)C)O2)c(=O)[nH]c1=O. The van der Waals surface area contributed by atoms with Crippen molar-refractivity contribution in [3.63, 3.8) is 0 Å². The summed E-state index contributed by atoms with van der Waals surface area (Å²) in [6.45, 7) is 27.7. The normalized spacial score (nSPS) is 26.2. The van der Waals surface area contributed by atoms with E-state index in [0.29, 0.717) is 11.1 Å². The van der Waals surface area contributed by atoms with Gasteiger partial charge in [-0.15, -0.1) is 0 Å². The van der Waals surface area contributed by atoms with Crippen LogP contribution in [0.15, 0.2) is 31.6 Å². The zero-order chi connectivity index (χ0) is 41.7. The molecule has 0 bridgehead atoms. The van der Waals surface area contributed by atoms with E-state index in [-0.39, 0.29) is 36.1 Å². The van der Waals surface area contributed by atoms with E-state index in [1.807, 2.05) is 0 Å². The summed E-state index contributed by atoms with van der Waals surface area (Å²) in [7, 11) is -8.40. The van der Waals surface area contributed by atoms with Gasteiger partial charge in [0.25, 0.3) is 0 Å². The number of aromatic amines is 2. The second kappa shape index (κ2) is 16.7. The number of nitrogens with one attached hydrogen (secondary N) is 2. The number of aromatic nitrogens is 4. The first-order chi connectivity index (χ1) is 24.9. The van der Waals surface area contributed by atoms with Crippen LogP contribution in [0, 0.1) is 13.8 Å². The third-order valence-electron chi connectivity index (χ3n) is 11.1. The summed E-state index contributed by atoms with van der Waals surface area (Å²) in [4.78, 5) is 54.5. The summed E-state index contributed by atoms with van der Waals surface area (Å²) < 4.78 is 61.6.